The maximum atomic E-state index is 13.0. The second kappa shape index (κ2) is 9.73. The van der Waals surface area contributed by atoms with Crippen LogP contribution in [0.4, 0.5) is 0 Å². The molecule has 0 bridgehead atoms. The standard InChI is InChI=1S/C21H30N2O5S/c1-16-5-3-4-6-18(16)22-21(24)10-8-17-7-9-19(27-2)20(15-17)29(25,26)23-11-13-28-14-12-23/h7-10,15-16,18H,3-6,11-14H2,1-2H3,(H,22,24)/b10-8+/t16-,18-/m1/s1. The van der Waals surface area contributed by atoms with Crippen molar-refractivity contribution >= 4 is 22.0 Å². The third-order valence-electron chi connectivity index (χ3n) is 5.64. The van der Waals surface area contributed by atoms with Gasteiger partial charge in [-0.15, -0.1) is 0 Å². The average molecular weight is 423 g/mol. The molecule has 1 aromatic rings. The van der Waals surface area contributed by atoms with Crippen molar-refractivity contribution in [1.82, 2.24) is 9.62 Å². The summed E-state index contributed by atoms with van der Waals surface area (Å²) < 4.78 is 38.0. The number of methoxy groups -OCH3 is 1. The first-order valence-electron chi connectivity index (χ1n) is 10.2. The van der Waals surface area contributed by atoms with Crippen molar-refractivity contribution < 1.29 is 22.7 Å². The summed E-state index contributed by atoms with van der Waals surface area (Å²) in [5.74, 6) is 0.610. The largest absolute Gasteiger partial charge is 0.495 e. The number of hydrogen-bond acceptors (Lipinski definition) is 5. The lowest BCUT2D eigenvalue weighted by Gasteiger charge is -2.29. The molecule has 0 unspecified atom stereocenters. The number of sulfonamides is 1. The van der Waals surface area contributed by atoms with Gasteiger partial charge in [0.2, 0.25) is 15.9 Å². The molecule has 1 saturated heterocycles. The summed E-state index contributed by atoms with van der Waals surface area (Å²) in [5, 5.41) is 3.07. The van der Waals surface area contributed by atoms with E-state index in [9.17, 15) is 13.2 Å². The molecule has 29 heavy (non-hydrogen) atoms. The molecular formula is C21H30N2O5S. The highest BCUT2D eigenvalue weighted by molar-refractivity contribution is 7.89. The van der Waals surface area contributed by atoms with E-state index in [1.807, 2.05) is 0 Å². The molecule has 7 nitrogen and oxygen atoms in total. The molecule has 8 heteroatoms. The van der Waals surface area contributed by atoms with Crippen LogP contribution in [0.5, 0.6) is 5.75 Å². The maximum Gasteiger partial charge on any atom is 0.246 e. The van der Waals surface area contributed by atoms with Crippen molar-refractivity contribution in [1.29, 1.82) is 0 Å². The predicted molar refractivity (Wildman–Crippen MR) is 111 cm³/mol. The van der Waals surface area contributed by atoms with E-state index in [0.29, 0.717) is 37.8 Å². The summed E-state index contributed by atoms with van der Waals surface area (Å²) in [6.45, 7) is 3.54. The second-order valence-electron chi connectivity index (χ2n) is 7.64. The van der Waals surface area contributed by atoms with Crippen LogP contribution in [0, 0.1) is 5.92 Å². The third kappa shape index (κ3) is 5.38. The number of amides is 1. The van der Waals surface area contributed by atoms with Crippen LogP contribution < -0.4 is 10.1 Å². The Kier molecular flexibility index (Phi) is 7.32. The lowest BCUT2D eigenvalue weighted by atomic mass is 9.86. The number of hydrogen-bond donors (Lipinski definition) is 1. The van der Waals surface area contributed by atoms with Crippen LogP contribution in [0.25, 0.3) is 6.08 Å². The maximum absolute atomic E-state index is 13.0. The van der Waals surface area contributed by atoms with Gasteiger partial charge in [0.05, 0.1) is 20.3 Å². The highest BCUT2D eigenvalue weighted by Crippen LogP contribution is 2.29. The van der Waals surface area contributed by atoms with Crippen molar-refractivity contribution in [3.63, 3.8) is 0 Å². The highest BCUT2D eigenvalue weighted by atomic mass is 32.2. The molecule has 1 heterocycles. The van der Waals surface area contributed by atoms with Crippen LogP contribution in [-0.2, 0) is 19.6 Å². The zero-order valence-corrected chi connectivity index (χ0v) is 17.9. The van der Waals surface area contributed by atoms with Crippen molar-refractivity contribution in [3.8, 4) is 5.75 Å². The van der Waals surface area contributed by atoms with E-state index in [-0.39, 0.29) is 22.6 Å². The molecule has 3 rings (SSSR count). The number of morpholine rings is 1. The summed E-state index contributed by atoms with van der Waals surface area (Å²) in [5.41, 5.74) is 0.629. The monoisotopic (exact) mass is 422 g/mol. The van der Waals surface area contributed by atoms with E-state index >= 15 is 0 Å². The van der Waals surface area contributed by atoms with Crippen LogP contribution in [0.1, 0.15) is 38.2 Å². The number of rotatable bonds is 6. The van der Waals surface area contributed by atoms with Crippen molar-refractivity contribution in [2.24, 2.45) is 5.92 Å². The summed E-state index contributed by atoms with van der Waals surface area (Å²) in [7, 11) is -2.26. The Morgan fingerprint density at radius 3 is 2.66 bits per heavy atom. The van der Waals surface area contributed by atoms with E-state index in [1.54, 1.807) is 24.3 Å². The Morgan fingerprint density at radius 2 is 1.97 bits per heavy atom. The molecule has 1 aliphatic heterocycles. The Bertz CT molecular complexity index is 847. The van der Waals surface area contributed by atoms with Crippen LogP contribution in [0.2, 0.25) is 0 Å². The van der Waals surface area contributed by atoms with E-state index in [2.05, 4.69) is 12.2 Å². The molecule has 1 amide bonds. The number of carbonyl (C=O) groups excluding carboxylic acids is 1. The number of ether oxygens (including phenoxy) is 2. The highest BCUT2D eigenvalue weighted by Gasteiger charge is 2.29. The van der Waals surface area contributed by atoms with Gasteiger partial charge in [-0.2, -0.15) is 4.31 Å². The minimum absolute atomic E-state index is 0.102. The lowest BCUT2D eigenvalue weighted by molar-refractivity contribution is -0.117. The van der Waals surface area contributed by atoms with Gasteiger partial charge in [-0.3, -0.25) is 4.79 Å². The third-order valence-corrected chi connectivity index (χ3v) is 7.56. The van der Waals surface area contributed by atoms with Gasteiger partial charge in [0, 0.05) is 25.2 Å². The van der Waals surface area contributed by atoms with Gasteiger partial charge < -0.3 is 14.8 Å². The van der Waals surface area contributed by atoms with Gasteiger partial charge in [0.15, 0.2) is 0 Å². The van der Waals surface area contributed by atoms with Gasteiger partial charge in [-0.25, -0.2) is 8.42 Å². The van der Waals surface area contributed by atoms with Gasteiger partial charge in [0.25, 0.3) is 0 Å². The van der Waals surface area contributed by atoms with E-state index < -0.39 is 10.0 Å². The zero-order valence-electron chi connectivity index (χ0n) is 17.1. The minimum Gasteiger partial charge on any atom is -0.495 e. The first kappa shape index (κ1) is 21.8. The van der Waals surface area contributed by atoms with Crippen LogP contribution in [-0.4, -0.2) is 58.1 Å². The van der Waals surface area contributed by atoms with Crippen molar-refractivity contribution in [2.75, 3.05) is 33.4 Å². The quantitative estimate of drug-likeness (QED) is 0.712. The summed E-state index contributed by atoms with van der Waals surface area (Å²) in [6.07, 6.45) is 7.60. The minimum atomic E-state index is -3.70. The number of benzene rings is 1. The molecule has 2 fully saturated rings. The molecule has 0 radical (unpaired) electrons. The van der Waals surface area contributed by atoms with Crippen LogP contribution >= 0.6 is 0 Å². The number of nitrogens with one attached hydrogen (secondary N) is 1. The van der Waals surface area contributed by atoms with E-state index in [4.69, 9.17) is 9.47 Å². The molecule has 1 aliphatic carbocycles. The van der Waals surface area contributed by atoms with E-state index in [1.165, 1.54) is 23.9 Å². The van der Waals surface area contributed by atoms with Crippen LogP contribution in [0.3, 0.4) is 0 Å². The molecule has 2 atom stereocenters. The van der Waals surface area contributed by atoms with Gasteiger partial charge in [-0.05, 0) is 42.5 Å². The number of carbonyl (C=O) groups is 1. The predicted octanol–water partition coefficient (Wildman–Crippen LogP) is 2.42. The van der Waals surface area contributed by atoms with Crippen LogP contribution in [0.15, 0.2) is 29.2 Å². The molecule has 2 aliphatic rings. The molecule has 1 saturated carbocycles. The Balaban J connectivity index is 1.75. The van der Waals surface area contributed by atoms with Crippen molar-refractivity contribution in [2.45, 2.75) is 43.5 Å². The SMILES string of the molecule is COc1ccc(/C=C/C(=O)N[C@@H]2CCCC[C@H]2C)cc1S(=O)(=O)N1CCOCC1. The fourth-order valence-electron chi connectivity index (χ4n) is 3.86. The normalized spacial score (nSPS) is 23.8. The molecule has 0 spiro atoms. The molecule has 1 N–H and O–H groups in total. The van der Waals surface area contributed by atoms with Gasteiger partial charge in [-0.1, -0.05) is 25.8 Å². The smallest absolute Gasteiger partial charge is 0.246 e. The Morgan fingerprint density at radius 1 is 1.24 bits per heavy atom. The first-order chi connectivity index (χ1) is 13.9. The zero-order chi connectivity index (χ0) is 20.9. The van der Waals surface area contributed by atoms with Gasteiger partial charge >= 0.3 is 0 Å². The fraction of sp³-hybridized carbons (Fsp3) is 0.571. The average Bonchev–Trinajstić information content (AvgIpc) is 2.74. The first-order valence-corrected chi connectivity index (χ1v) is 11.6. The molecule has 1 aromatic carbocycles. The Hall–Kier alpha value is -1.90. The van der Waals surface area contributed by atoms with E-state index in [0.717, 1.165) is 19.3 Å². The topological polar surface area (TPSA) is 84.9 Å². The lowest BCUT2D eigenvalue weighted by Crippen LogP contribution is -2.40. The van der Waals surface area contributed by atoms with Gasteiger partial charge in [0.1, 0.15) is 10.6 Å². The summed E-state index contributed by atoms with van der Waals surface area (Å²) in [4.78, 5) is 12.4. The fourth-order valence-corrected chi connectivity index (χ4v) is 5.46. The molecule has 0 aromatic heterocycles. The summed E-state index contributed by atoms with van der Waals surface area (Å²) in [6, 6.07) is 5.11. The molecular weight excluding hydrogens is 392 g/mol. The van der Waals surface area contributed by atoms with Crippen molar-refractivity contribution in [3.05, 3.63) is 29.8 Å². The Labute approximate surface area is 173 Å². The summed E-state index contributed by atoms with van der Waals surface area (Å²) >= 11 is 0. The molecule has 160 valence electrons. The number of nitrogens with zero attached hydrogens (tertiary/aromatic N) is 1. The second-order valence-corrected chi connectivity index (χ2v) is 9.54.